The quantitative estimate of drug-likeness (QED) is 0.517. The van der Waals surface area contributed by atoms with E-state index in [9.17, 15) is 4.79 Å². The number of alkyl halides is 2. The zero-order valence-corrected chi connectivity index (χ0v) is 13.4. The van der Waals surface area contributed by atoms with E-state index in [4.69, 9.17) is 27.9 Å². The van der Waals surface area contributed by atoms with Crippen LogP contribution >= 0.6 is 23.2 Å². The molecule has 4 atom stereocenters. The van der Waals surface area contributed by atoms with Crippen molar-refractivity contribution in [3.8, 4) is 0 Å². The van der Waals surface area contributed by atoms with Crippen LogP contribution in [-0.2, 0) is 9.53 Å². The summed E-state index contributed by atoms with van der Waals surface area (Å²) in [5, 5.41) is 0. The smallest absolute Gasteiger partial charge is 0.155 e. The molecule has 0 aromatic heterocycles. The Labute approximate surface area is 126 Å². The van der Waals surface area contributed by atoms with E-state index in [1.165, 1.54) is 0 Å². The fourth-order valence-electron chi connectivity index (χ4n) is 3.58. The summed E-state index contributed by atoms with van der Waals surface area (Å²) in [4.78, 5) is 10.9. The van der Waals surface area contributed by atoms with Crippen molar-refractivity contribution in [3.05, 3.63) is 0 Å². The fourth-order valence-corrected chi connectivity index (χ4v) is 4.54. The molecule has 0 aliphatic heterocycles. The number of hydrogen-bond donors (Lipinski definition) is 0. The normalized spacial score (nSPS) is 38.9. The summed E-state index contributed by atoms with van der Waals surface area (Å²) in [6.45, 7) is 2.13. The zero-order chi connectivity index (χ0) is 14.1. The van der Waals surface area contributed by atoms with Gasteiger partial charge in [0.1, 0.15) is 4.87 Å². The van der Waals surface area contributed by atoms with Gasteiger partial charge in [-0.15, -0.1) is 23.2 Å². The van der Waals surface area contributed by atoms with Gasteiger partial charge in [-0.25, -0.2) is 0 Å². The van der Waals surface area contributed by atoms with Crippen molar-refractivity contribution in [1.29, 1.82) is 0 Å². The van der Waals surface area contributed by atoms with Gasteiger partial charge in [-0.05, 0) is 38.0 Å². The first-order valence-corrected chi connectivity index (χ1v) is 8.17. The molecule has 19 heavy (non-hydrogen) atoms. The van der Waals surface area contributed by atoms with E-state index in [-0.39, 0.29) is 5.78 Å². The number of hydrogen-bond acceptors (Lipinski definition) is 2. The van der Waals surface area contributed by atoms with Crippen molar-refractivity contribution in [1.82, 2.24) is 0 Å². The van der Waals surface area contributed by atoms with E-state index in [1.807, 2.05) is 0 Å². The molecule has 0 spiro atoms. The summed E-state index contributed by atoms with van der Waals surface area (Å²) in [7, 11) is 1.75. The van der Waals surface area contributed by atoms with Crippen LogP contribution < -0.4 is 0 Å². The molecule has 2 saturated carbocycles. The van der Waals surface area contributed by atoms with Crippen molar-refractivity contribution in [2.45, 2.75) is 74.1 Å². The molecule has 0 aromatic carbocycles. The monoisotopic (exact) mass is 306 g/mol. The van der Waals surface area contributed by atoms with E-state index >= 15 is 0 Å². The van der Waals surface area contributed by atoms with E-state index < -0.39 is 9.75 Å². The van der Waals surface area contributed by atoms with Gasteiger partial charge in [-0.1, -0.05) is 19.8 Å². The van der Waals surface area contributed by atoms with Crippen LogP contribution in [0.15, 0.2) is 0 Å². The maximum Gasteiger partial charge on any atom is 0.155 e. The first-order chi connectivity index (χ1) is 8.98. The van der Waals surface area contributed by atoms with Crippen LogP contribution in [0.1, 0.15) is 58.3 Å². The fraction of sp³-hybridized carbons (Fsp3) is 0.933. The predicted octanol–water partition coefficient (Wildman–Crippen LogP) is 4.31. The molecule has 2 nitrogen and oxygen atoms in total. The number of halogens is 2. The molecule has 0 amide bonds. The summed E-state index contributed by atoms with van der Waals surface area (Å²) in [5.41, 5.74) is 0. The molecule has 0 heterocycles. The van der Waals surface area contributed by atoms with Crippen LogP contribution in [0.4, 0.5) is 0 Å². The Balaban J connectivity index is 1.83. The van der Waals surface area contributed by atoms with Gasteiger partial charge in [-0.3, -0.25) is 4.79 Å². The minimum Gasteiger partial charge on any atom is -0.381 e. The van der Waals surface area contributed by atoms with E-state index in [2.05, 4.69) is 6.92 Å². The molecule has 0 bridgehead atoms. The molecule has 2 rings (SSSR count). The number of methoxy groups -OCH3 is 1. The number of fused-ring (bicyclic) bond motifs is 1. The maximum absolute atomic E-state index is 12.2. The number of ketones is 1. The highest BCUT2D eigenvalue weighted by molar-refractivity contribution is 6.45. The molecule has 4 unspecified atom stereocenters. The second-order valence-electron chi connectivity index (χ2n) is 6.04. The number of unbranched alkanes of at least 4 members (excludes halogenated alkanes) is 1. The lowest BCUT2D eigenvalue weighted by Crippen LogP contribution is -2.53. The molecule has 2 aliphatic carbocycles. The predicted molar refractivity (Wildman–Crippen MR) is 79.1 cm³/mol. The van der Waals surface area contributed by atoms with Gasteiger partial charge in [0.15, 0.2) is 5.78 Å². The highest BCUT2D eigenvalue weighted by Crippen LogP contribution is 2.62. The van der Waals surface area contributed by atoms with Gasteiger partial charge in [0.05, 0.1) is 11.0 Å². The Bertz CT molecular complexity index is 343. The second-order valence-corrected chi connectivity index (χ2v) is 7.36. The third-order valence-corrected chi connectivity index (χ3v) is 6.78. The maximum atomic E-state index is 12.2. The summed E-state index contributed by atoms with van der Waals surface area (Å²) >= 11 is 13.3. The zero-order valence-electron chi connectivity index (χ0n) is 11.9. The Kier molecular flexibility index (Phi) is 4.85. The molecule has 110 valence electrons. The van der Waals surface area contributed by atoms with Gasteiger partial charge < -0.3 is 4.74 Å². The Morgan fingerprint density at radius 3 is 2.63 bits per heavy atom. The molecule has 2 fully saturated rings. The molecule has 0 saturated heterocycles. The number of carbonyl (C=O) groups is 1. The van der Waals surface area contributed by atoms with Crippen LogP contribution in [0, 0.1) is 5.92 Å². The largest absolute Gasteiger partial charge is 0.381 e. The second kappa shape index (κ2) is 5.91. The molecule has 4 heteroatoms. The molecule has 0 aromatic rings. The van der Waals surface area contributed by atoms with Crippen LogP contribution in [-0.4, -0.2) is 28.7 Å². The number of rotatable bonds is 7. The van der Waals surface area contributed by atoms with Crippen LogP contribution in [0.3, 0.4) is 0 Å². The molecule has 2 aliphatic rings. The Morgan fingerprint density at radius 1 is 1.42 bits per heavy atom. The summed E-state index contributed by atoms with van der Waals surface area (Å²) in [6, 6.07) is 0. The molecule has 0 radical (unpaired) electrons. The van der Waals surface area contributed by atoms with Gasteiger partial charge in [0, 0.05) is 13.5 Å². The van der Waals surface area contributed by atoms with E-state index in [0.717, 1.165) is 38.5 Å². The summed E-state index contributed by atoms with van der Waals surface area (Å²) in [5.74, 6) is 0.493. The first-order valence-electron chi connectivity index (χ1n) is 7.42. The summed E-state index contributed by atoms with van der Waals surface area (Å²) < 4.78 is 5.36. The van der Waals surface area contributed by atoms with E-state index in [0.29, 0.717) is 24.9 Å². The SMILES string of the molecule is CCC(CCCCC1(Cl)C(=O)CC2CCC21Cl)OC. The van der Waals surface area contributed by atoms with Crippen molar-refractivity contribution < 1.29 is 9.53 Å². The molecule has 0 N–H and O–H groups in total. The Morgan fingerprint density at radius 2 is 2.16 bits per heavy atom. The number of Topliss-reactive ketones (excluding diaryl/α,β-unsaturated/α-hetero) is 1. The highest BCUT2D eigenvalue weighted by Gasteiger charge is 2.67. The standard InChI is InChI=1S/C15H24Cl2O2/c1-3-12(19-2)6-4-5-8-15(17)13(18)10-11-7-9-14(11,15)16/h11-12H,3-10H2,1-2H3. The lowest BCUT2D eigenvalue weighted by atomic mass is 9.70. The van der Waals surface area contributed by atoms with Crippen LogP contribution in [0.5, 0.6) is 0 Å². The van der Waals surface area contributed by atoms with Crippen molar-refractivity contribution in [2.75, 3.05) is 7.11 Å². The average Bonchev–Trinajstić information content (AvgIpc) is 2.52. The van der Waals surface area contributed by atoms with Crippen molar-refractivity contribution in [3.63, 3.8) is 0 Å². The van der Waals surface area contributed by atoms with E-state index in [1.54, 1.807) is 7.11 Å². The third kappa shape index (κ3) is 2.56. The van der Waals surface area contributed by atoms with Gasteiger partial charge in [-0.2, -0.15) is 0 Å². The van der Waals surface area contributed by atoms with Crippen molar-refractivity contribution in [2.24, 2.45) is 5.92 Å². The summed E-state index contributed by atoms with van der Waals surface area (Å²) in [6.07, 6.45) is 7.65. The van der Waals surface area contributed by atoms with Gasteiger partial charge in [0.25, 0.3) is 0 Å². The van der Waals surface area contributed by atoms with Gasteiger partial charge in [0.2, 0.25) is 0 Å². The topological polar surface area (TPSA) is 26.3 Å². The van der Waals surface area contributed by atoms with Gasteiger partial charge >= 0.3 is 0 Å². The average molecular weight is 307 g/mol. The molecular weight excluding hydrogens is 283 g/mol. The third-order valence-electron chi connectivity index (χ3n) is 5.12. The lowest BCUT2D eigenvalue weighted by Gasteiger charge is -2.46. The lowest BCUT2D eigenvalue weighted by molar-refractivity contribution is -0.120. The number of ether oxygens (including phenoxy) is 1. The molecular formula is C15H24Cl2O2. The van der Waals surface area contributed by atoms with Crippen LogP contribution in [0.25, 0.3) is 0 Å². The number of carbonyl (C=O) groups excluding carboxylic acids is 1. The van der Waals surface area contributed by atoms with Crippen LogP contribution in [0.2, 0.25) is 0 Å². The minimum atomic E-state index is -0.799. The Hall–Kier alpha value is 0.210. The first kappa shape index (κ1) is 15.6. The van der Waals surface area contributed by atoms with Crippen molar-refractivity contribution >= 4 is 29.0 Å². The highest BCUT2D eigenvalue weighted by atomic mass is 35.5. The minimum absolute atomic E-state index is 0.172.